The number of aromatic nitrogens is 2. The number of hydrogen-bond acceptors (Lipinski definition) is 4. The fourth-order valence-electron chi connectivity index (χ4n) is 3.88. The number of nitrogens with zero attached hydrogens (tertiary/aromatic N) is 2. The van der Waals surface area contributed by atoms with Crippen molar-refractivity contribution in [3.8, 4) is 17.1 Å². The zero-order valence-electron chi connectivity index (χ0n) is 18.1. The molecule has 1 aromatic carbocycles. The van der Waals surface area contributed by atoms with Crippen LogP contribution < -0.4 is 4.74 Å². The van der Waals surface area contributed by atoms with Crippen molar-refractivity contribution in [3.05, 3.63) is 42.2 Å². The van der Waals surface area contributed by atoms with Crippen molar-refractivity contribution in [2.75, 3.05) is 6.61 Å². The van der Waals surface area contributed by atoms with Crippen LogP contribution in [0.3, 0.4) is 0 Å². The Balaban J connectivity index is 1.47. The molecule has 1 saturated heterocycles. The minimum Gasteiger partial charge on any atom is -0.487 e. The van der Waals surface area contributed by atoms with Crippen molar-refractivity contribution >= 4 is 0 Å². The Hall–Kier alpha value is -1.94. The SMILES string of the molecule is CCCCCCCCCCc1cnc(-c2ccccc2OC2COC(C)C2)nc1. The average molecular weight is 397 g/mol. The summed E-state index contributed by atoms with van der Waals surface area (Å²) in [5.74, 6) is 1.57. The van der Waals surface area contributed by atoms with Crippen LogP contribution >= 0.6 is 0 Å². The van der Waals surface area contributed by atoms with Gasteiger partial charge in [-0.1, -0.05) is 64.0 Å². The monoisotopic (exact) mass is 396 g/mol. The number of rotatable bonds is 12. The standard InChI is InChI=1S/C25H36N2O2/c1-3-4-5-6-7-8-9-10-13-21-17-26-25(27-18-21)23-14-11-12-15-24(23)29-22-16-20(2)28-19-22/h11-12,14-15,17-18,20,22H,3-10,13,16,19H2,1-2H3. The molecule has 0 saturated carbocycles. The minimum absolute atomic E-state index is 0.104. The van der Waals surface area contributed by atoms with Crippen LogP contribution in [0.1, 0.15) is 77.2 Å². The van der Waals surface area contributed by atoms with E-state index >= 15 is 0 Å². The van der Waals surface area contributed by atoms with Gasteiger partial charge >= 0.3 is 0 Å². The van der Waals surface area contributed by atoms with Crippen LogP contribution in [-0.2, 0) is 11.2 Å². The first kappa shape index (κ1) is 21.8. The van der Waals surface area contributed by atoms with E-state index in [1.807, 2.05) is 36.7 Å². The van der Waals surface area contributed by atoms with Gasteiger partial charge in [0.05, 0.1) is 18.3 Å². The first-order valence-corrected chi connectivity index (χ1v) is 11.4. The summed E-state index contributed by atoms with van der Waals surface area (Å²) in [7, 11) is 0. The highest BCUT2D eigenvalue weighted by Gasteiger charge is 2.24. The number of hydrogen-bond donors (Lipinski definition) is 0. The second-order valence-electron chi connectivity index (χ2n) is 8.26. The summed E-state index contributed by atoms with van der Waals surface area (Å²) in [6.45, 7) is 5.00. The predicted octanol–water partition coefficient (Wildman–Crippen LogP) is 6.38. The Labute approximate surface area is 176 Å². The Morgan fingerprint density at radius 2 is 1.66 bits per heavy atom. The molecule has 0 amide bonds. The molecule has 29 heavy (non-hydrogen) atoms. The van der Waals surface area contributed by atoms with Gasteiger partial charge in [0, 0.05) is 18.8 Å². The number of aryl methyl sites for hydroxylation is 1. The lowest BCUT2D eigenvalue weighted by Crippen LogP contribution is -2.16. The van der Waals surface area contributed by atoms with Crippen LogP contribution in [0, 0.1) is 0 Å². The average Bonchev–Trinajstić information content (AvgIpc) is 3.15. The molecule has 4 nitrogen and oxygen atoms in total. The molecule has 0 spiro atoms. The molecule has 4 heteroatoms. The molecule has 1 aliphatic heterocycles. The molecule has 1 fully saturated rings. The van der Waals surface area contributed by atoms with Gasteiger partial charge in [0.25, 0.3) is 0 Å². The van der Waals surface area contributed by atoms with Gasteiger partial charge in [-0.25, -0.2) is 9.97 Å². The molecule has 2 unspecified atom stereocenters. The summed E-state index contributed by atoms with van der Waals surface area (Å²) < 4.78 is 11.8. The van der Waals surface area contributed by atoms with Crippen LogP contribution in [-0.4, -0.2) is 28.8 Å². The van der Waals surface area contributed by atoms with Gasteiger partial charge < -0.3 is 9.47 Å². The first-order valence-electron chi connectivity index (χ1n) is 11.4. The molecular weight excluding hydrogens is 360 g/mol. The van der Waals surface area contributed by atoms with Crippen LogP contribution in [0.15, 0.2) is 36.7 Å². The van der Waals surface area contributed by atoms with E-state index in [1.165, 1.54) is 56.9 Å². The largest absolute Gasteiger partial charge is 0.487 e. The summed E-state index contributed by atoms with van der Waals surface area (Å²) >= 11 is 0. The van der Waals surface area contributed by atoms with Crippen molar-refractivity contribution in [1.82, 2.24) is 9.97 Å². The van der Waals surface area contributed by atoms with Crippen LogP contribution in [0.4, 0.5) is 0 Å². The molecule has 3 rings (SSSR count). The predicted molar refractivity (Wildman–Crippen MR) is 118 cm³/mol. The fourth-order valence-corrected chi connectivity index (χ4v) is 3.88. The number of para-hydroxylation sites is 1. The fraction of sp³-hybridized carbons (Fsp3) is 0.600. The molecule has 158 valence electrons. The summed E-state index contributed by atoms with van der Waals surface area (Å²) in [6, 6.07) is 8.03. The lowest BCUT2D eigenvalue weighted by Gasteiger charge is -2.15. The van der Waals surface area contributed by atoms with E-state index in [2.05, 4.69) is 23.8 Å². The number of benzene rings is 1. The van der Waals surface area contributed by atoms with Gasteiger partial charge in [0.15, 0.2) is 5.82 Å². The topological polar surface area (TPSA) is 44.2 Å². The highest BCUT2D eigenvalue weighted by molar-refractivity contribution is 5.63. The summed E-state index contributed by atoms with van der Waals surface area (Å²) in [5.41, 5.74) is 2.17. The van der Waals surface area contributed by atoms with Crippen molar-refractivity contribution in [1.29, 1.82) is 0 Å². The lowest BCUT2D eigenvalue weighted by molar-refractivity contribution is 0.104. The minimum atomic E-state index is 0.104. The maximum absolute atomic E-state index is 6.18. The van der Waals surface area contributed by atoms with Gasteiger partial charge in [0.1, 0.15) is 11.9 Å². The van der Waals surface area contributed by atoms with E-state index < -0.39 is 0 Å². The molecule has 2 aromatic rings. The Morgan fingerprint density at radius 3 is 2.34 bits per heavy atom. The van der Waals surface area contributed by atoms with Gasteiger partial charge in [-0.15, -0.1) is 0 Å². The summed E-state index contributed by atoms with van der Waals surface area (Å²) in [5, 5.41) is 0. The maximum Gasteiger partial charge on any atom is 0.162 e. The molecule has 0 aliphatic carbocycles. The molecular formula is C25H36N2O2. The normalized spacial score (nSPS) is 18.8. The van der Waals surface area contributed by atoms with Crippen molar-refractivity contribution in [2.45, 2.75) is 90.3 Å². The van der Waals surface area contributed by atoms with Crippen molar-refractivity contribution < 1.29 is 9.47 Å². The Morgan fingerprint density at radius 1 is 0.966 bits per heavy atom. The molecule has 0 radical (unpaired) electrons. The molecule has 2 atom stereocenters. The van der Waals surface area contributed by atoms with Gasteiger partial charge in [-0.05, 0) is 37.5 Å². The molecule has 2 heterocycles. The highest BCUT2D eigenvalue weighted by Crippen LogP contribution is 2.30. The van der Waals surface area contributed by atoms with Crippen LogP contribution in [0.5, 0.6) is 5.75 Å². The van der Waals surface area contributed by atoms with Crippen LogP contribution in [0.25, 0.3) is 11.4 Å². The maximum atomic E-state index is 6.18. The summed E-state index contributed by atoms with van der Waals surface area (Å²) in [6.07, 6.45) is 17.0. The third kappa shape index (κ3) is 7.11. The van der Waals surface area contributed by atoms with Crippen molar-refractivity contribution in [2.24, 2.45) is 0 Å². The number of unbranched alkanes of at least 4 members (excludes halogenated alkanes) is 7. The van der Waals surface area contributed by atoms with Gasteiger partial charge in [-0.2, -0.15) is 0 Å². The Kier molecular flexibility index (Phi) is 8.94. The molecule has 1 aliphatic rings. The van der Waals surface area contributed by atoms with E-state index in [9.17, 15) is 0 Å². The van der Waals surface area contributed by atoms with Gasteiger partial charge in [0.2, 0.25) is 0 Å². The van der Waals surface area contributed by atoms with E-state index in [1.54, 1.807) is 0 Å². The van der Waals surface area contributed by atoms with Crippen LogP contribution in [0.2, 0.25) is 0 Å². The molecule has 0 bridgehead atoms. The molecule has 1 aromatic heterocycles. The zero-order chi connectivity index (χ0) is 20.3. The zero-order valence-corrected chi connectivity index (χ0v) is 18.1. The van der Waals surface area contributed by atoms with E-state index in [-0.39, 0.29) is 12.2 Å². The van der Waals surface area contributed by atoms with E-state index in [0.717, 1.165) is 30.0 Å². The second-order valence-corrected chi connectivity index (χ2v) is 8.26. The van der Waals surface area contributed by atoms with Crippen molar-refractivity contribution in [3.63, 3.8) is 0 Å². The molecule has 0 N–H and O–H groups in total. The lowest BCUT2D eigenvalue weighted by atomic mass is 10.1. The number of ether oxygens (including phenoxy) is 2. The third-order valence-corrected chi connectivity index (χ3v) is 5.61. The second kappa shape index (κ2) is 11.9. The smallest absolute Gasteiger partial charge is 0.162 e. The van der Waals surface area contributed by atoms with E-state index in [4.69, 9.17) is 9.47 Å². The quantitative estimate of drug-likeness (QED) is 0.390. The Bertz CT molecular complexity index is 717. The van der Waals surface area contributed by atoms with Gasteiger partial charge in [-0.3, -0.25) is 0 Å². The summed E-state index contributed by atoms with van der Waals surface area (Å²) in [4.78, 5) is 9.25. The highest BCUT2D eigenvalue weighted by atomic mass is 16.6. The third-order valence-electron chi connectivity index (χ3n) is 5.61. The first-order chi connectivity index (χ1) is 14.3. The van der Waals surface area contributed by atoms with E-state index in [0.29, 0.717) is 6.61 Å².